The van der Waals surface area contributed by atoms with Crippen LogP contribution in [0, 0.1) is 6.92 Å². The lowest BCUT2D eigenvalue weighted by atomic mass is 10.2. The highest BCUT2D eigenvalue weighted by atomic mass is 32.1. The molecule has 1 saturated heterocycles. The minimum Gasteiger partial charge on any atom is -0.472 e. The molecule has 122 valence electrons. The lowest BCUT2D eigenvalue weighted by molar-refractivity contribution is 0.0775. The van der Waals surface area contributed by atoms with E-state index in [4.69, 9.17) is 4.74 Å². The molecule has 1 fully saturated rings. The molecule has 2 aromatic heterocycles. The van der Waals surface area contributed by atoms with Crippen molar-refractivity contribution in [2.45, 2.75) is 19.4 Å². The first-order valence-corrected chi connectivity index (χ1v) is 8.59. The van der Waals surface area contributed by atoms with E-state index in [1.54, 1.807) is 11.8 Å². The maximum atomic E-state index is 12.5. The Morgan fingerprint density at radius 2 is 2.17 bits per heavy atom. The molecule has 0 aliphatic carbocycles. The third-order valence-electron chi connectivity index (χ3n) is 4.14. The number of hydrogen-bond donors (Lipinski definition) is 0. The fourth-order valence-electron chi connectivity index (χ4n) is 2.86. The Labute approximate surface area is 143 Å². The van der Waals surface area contributed by atoms with E-state index in [9.17, 15) is 4.79 Å². The fraction of sp³-hybridized carbons (Fsp3) is 0.294. The SMILES string of the molecule is Cc1nnsc1C(=O)N1CCC(Oc2ccc3ccccc3n2)C1. The summed E-state index contributed by atoms with van der Waals surface area (Å²) in [6, 6.07) is 11.8. The Bertz CT molecular complexity index is 895. The Hall–Kier alpha value is -2.54. The number of ether oxygens (including phenoxy) is 1. The second kappa shape index (κ2) is 6.16. The van der Waals surface area contributed by atoms with Crippen LogP contribution in [-0.2, 0) is 0 Å². The molecule has 0 bridgehead atoms. The van der Waals surface area contributed by atoms with Crippen molar-refractivity contribution < 1.29 is 9.53 Å². The zero-order valence-corrected chi connectivity index (χ0v) is 14.0. The molecule has 1 aromatic carbocycles. The van der Waals surface area contributed by atoms with Crippen molar-refractivity contribution in [2.75, 3.05) is 13.1 Å². The van der Waals surface area contributed by atoms with E-state index in [2.05, 4.69) is 14.6 Å². The predicted molar refractivity (Wildman–Crippen MR) is 91.3 cm³/mol. The van der Waals surface area contributed by atoms with Gasteiger partial charge in [-0.15, -0.1) is 5.10 Å². The zero-order chi connectivity index (χ0) is 16.5. The molecule has 3 heterocycles. The standard InChI is InChI=1S/C17H16N4O2S/c1-11-16(24-20-19-11)17(22)21-9-8-13(10-21)23-15-7-6-12-4-2-3-5-14(12)18-15/h2-7,13H,8-10H2,1H3. The first-order valence-electron chi connectivity index (χ1n) is 7.81. The van der Waals surface area contributed by atoms with Gasteiger partial charge in [0.15, 0.2) is 0 Å². The van der Waals surface area contributed by atoms with Gasteiger partial charge in [0, 0.05) is 24.4 Å². The molecule has 0 spiro atoms. The first-order chi connectivity index (χ1) is 11.7. The van der Waals surface area contributed by atoms with Crippen molar-refractivity contribution >= 4 is 28.3 Å². The van der Waals surface area contributed by atoms with Crippen LogP contribution in [0.2, 0.25) is 0 Å². The lowest BCUT2D eigenvalue weighted by Gasteiger charge is -2.16. The van der Waals surface area contributed by atoms with Crippen LogP contribution in [0.5, 0.6) is 5.88 Å². The molecule has 1 unspecified atom stereocenters. The highest BCUT2D eigenvalue weighted by Crippen LogP contribution is 2.22. The number of amides is 1. The van der Waals surface area contributed by atoms with Gasteiger partial charge >= 0.3 is 0 Å². The van der Waals surface area contributed by atoms with Gasteiger partial charge < -0.3 is 9.64 Å². The molecule has 6 nitrogen and oxygen atoms in total. The number of para-hydroxylation sites is 1. The number of pyridine rings is 1. The van der Waals surface area contributed by atoms with Gasteiger partial charge in [-0.2, -0.15) is 0 Å². The summed E-state index contributed by atoms with van der Waals surface area (Å²) in [6.07, 6.45) is 0.759. The molecular weight excluding hydrogens is 324 g/mol. The molecular formula is C17H16N4O2S. The van der Waals surface area contributed by atoms with Gasteiger partial charge in [-0.3, -0.25) is 4.79 Å². The minimum absolute atomic E-state index is 0.0138. The van der Waals surface area contributed by atoms with Crippen LogP contribution < -0.4 is 4.74 Å². The highest BCUT2D eigenvalue weighted by molar-refractivity contribution is 7.07. The largest absolute Gasteiger partial charge is 0.472 e. The van der Waals surface area contributed by atoms with E-state index in [1.165, 1.54) is 0 Å². The van der Waals surface area contributed by atoms with Gasteiger partial charge in [0.2, 0.25) is 5.88 Å². The van der Waals surface area contributed by atoms with Crippen LogP contribution >= 0.6 is 11.5 Å². The van der Waals surface area contributed by atoms with E-state index < -0.39 is 0 Å². The number of carbonyl (C=O) groups is 1. The van der Waals surface area contributed by atoms with E-state index in [-0.39, 0.29) is 12.0 Å². The van der Waals surface area contributed by atoms with Gasteiger partial charge in [0.05, 0.1) is 17.8 Å². The second-order valence-corrected chi connectivity index (χ2v) is 6.56. The summed E-state index contributed by atoms with van der Waals surface area (Å²) in [5.41, 5.74) is 1.60. The van der Waals surface area contributed by atoms with E-state index in [0.717, 1.165) is 28.9 Å². The summed E-state index contributed by atoms with van der Waals surface area (Å²) in [5.74, 6) is 0.587. The van der Waals surface area contributed by atoms with Crippen LogP contribution in [-0.4, -0.2) is 44.6 Å². The molecule has 0 radical (unpaired) electrons. The van der Waals surface area contributed by atoms with Crippen LogP contribution in [0.25, 0.3) is 10.9 Å². The molecule has 24 heavy (non-hydrogen) atoms. The average Bonchev–Trinajstić information content (AvgIpc) is 3.23. The van der Waals surface area contributed by atoms with Crippen molar-refractivity contribution in [2.24, 2.45) is 0 Å². The third-order valence-corrected chi connectivity index (χ3v) is 4.95. The quantitative estimate of drug-likeness (QED) is 0.733. The summed E-state index contributed by atoms with van der Waals surface area (Å²) in [6.45, 7) is 3.04. The molecule has 1 aliphatic heterocycles. The summed E-state index contributed by atoms with van der Waals surface area (Å²) >= 11 is 1.15. The van der Waals surface area contributed by atoms with Crippen molar-refractivity contribution in [1.29, 1.82) is 0 Å². The van der Waals surface area contributed by atoms with E-state index in [0.29, 0.717) is 29.5 Å². The summed E-state index contributed by atoms with van der Waals surface area (Å²) in [5, 5.41) is 4.99. The van der Waals surface area contributed by atoms with Crippen molar-refractivity contribution in [1.82, 2.24) is 19.5 Å². The summed E-state index contributed by atoms with van der Waals surface area (Å²) in [7, 11) is 0. The number of aromatic nitrogens is 3. The highest BCUT2D eigenvalue weighted by Gasteiger charge is 2.30. The molecule has 1 aliphatic rings. The van der Waals surface area contributed by atoms with Gasteiger partial charge in [-0.25, -0.2) is 4.98 Å². The molecule has 1 atom stereocenters. The Balaban J connectivity index is 1.45. The number of nitrogens with zero attached hydrogens (tertiary/aromatic N) is 4. The number of aryl methyl sites for hydroxylation is 1. The first kappa shape index (κ1) is 15.0. The number of hydrogen-bond acceptors (Lipinski definition) is 6. The smallest absolute Gasteiger partial charge is 0.267 e. The van der Waals surface area contributed by atoms with Gasteiger partial charge in [-0.1, -0.05) is 22.7 Å². The maximum absolute atomic E-state index is 12.5. The zero-order valence-electron chi connectivity index (χ0n) is 13.2. The topological polar surface area (TPSA) is 68.2 Å². The average molecular weight is 340 g/mol. The van der Waals surface area contributed by atoms with Crippen molar-refractivity contribution in [3.8, 4) is 5.88 Å². The fourth-order valence-corrected chi connectivity index (χ4v) is 3.49. The molecule has 1 amide bonds. The summed E-state index contributed by atoms with van der Waals surface area (Å²) < 4.78 is 9.81. The molecule has 7 heteroatoms. The number of rotatable bonds is 3. The second-order valence-electron chi connectivity index (χ2n) is 5.81. The van der Waals surface area contributed by atoms with Gasteiger partial charge in [-0.05, 0) is 30.6 Å². The molecule has 0 saturated carbocycles. The maximum Gasteiger partial charge on any atom is 0.267 e. The van der Waals surface area contributed by atoms with Crippen LogP contribution in [0.1, 0.15) is 21.8 Å². The Morgan fingerprint density at radius 1 is 1.29 bits per heavy atom. The molecule has 4 rings (SSSR count). The number of benzene rings is 1. The van der Waals surface area contributed by atoms with E-state index >= 15 is 0 Å². The van der Waals surface area contributed by atoms with E-state index in [1.807, 2.05) is 36.4 Å². The third kappa shape index (κ3) is 2.82. The summed E-state index contributed by atoms with van der Waals surface area (Å²) in [4.78, 5) is 19.4. The Kier molecular flexibility index (Phi) is 3.86. The van der Waals surface area contributed by atoms with Crippen LogP contribution in [0.3, 0.4) is 0 Å². The monoisotopic (exact) mass is 340 g/mol. The molecule has 3 aromatic rings. The van der Waals surface area contributed by atoms with Crippen molar-refractivity contribution in [3.63, 3.8) is 0 Å². The molecule has 0 N–H and O–H groups in total. The minimum atomic E-state index is -0.0381. The van der Waals surface area contributed by atoms with Crippen LogP contribution in [0.15, 0.2) is 36.4 Å². The number of fused-ring (bicyclic) bond motifs is 1. The number of carbonyl (C=O) groups excluding carboxylic acids is 1. The van der Waals surface area contributed by atoms with Gasteiger partial charge in [0.1, 0.15) is 11.0 Å². The Morgan fingerprint density at radius 3 is 3.00 bits per heavy atom. The van der Waals surface area contributed by atoms with Crippen LogP contribution in [0.4, 0.5) is 0 Å². The predicted octanol–water partition coefficient (Wildman–Crippen LogP) is 2.69. The lowest BCUT2D eigenvalue weighted by Crippen LogP contribution is -2.30. The normalized spacial score (nSPS) is 17.4. The van der Waals surface area contributed by atoms with Gasteiger partial charge in [0.25, 0.3) is 5.91 Å². The number of likely N-dealkylation sites (tertiary alicyclic amines) is 1. The van der Waals surface area contributed by atoms with Crippen molar-refractivity contribution in [3.05, 3.63) is 47.0 Å².